The Balaban J connectivity index is 1.88. The van der Waals surface area contributed by atoms with Crippen molar-refractivity contribution >= 4 is 11.6 Å². The van der Waals surface area contributed by atoms with Crippen LogP contribution < -0.4 is 5.32 Å². The summed E-state index contributed by atoms with van der Waals surface area (Å²) in [5.41, 5.74) is 0.862. The normalized spacial score (nSPS) is 17.8. The molecule has 1 atom stereocenters. The zero-order chi connectivity index (χ0) is 14.5. The van der Waals surface area contributed by atoms with E-state index in [-0.39, 0.29) is 0 Å². The fourth-order valence-corrected chi connectivity index (χ4v) is 3.10. The average Bonchev–Trinajstić information content (AvgIpc) is 2.91. The van der Waals surface area contributed by atoms with Crippen LogP contribution in [0, 0.1) is 5.92 Å². The van der Waals surface area contributed by atoms with Crippen LogP contribution >= 0.6 is 11.6 Å². The smallest absolute Gasteiger partial charge is 0.120 e. The molecule has 1 heterocycles. The van der Waals surface area contributed by atoms with E-state index in [1.807, 2.05) is 6.07 Å². The van der Waals surface area contributed by atoms with Crippen molar-refractivity contribution in [3.05, 3.63) is 28.8 Å². The summed E-state index contributed by atoms with van der Waals surface area (Å²) in [7, 11) is 0. The Bertz CT molecular complexity index is 430. The van der Waals surface area contributed by atoms with E-state index in [2.05, 4.69) is 24.1 Å². The molecular formula is C16H25ClN2O. The molecule has 1 unspecified atom stereocenters. The molecule has 0 saturated carbocycles. The lowest BCUT2D eigenvalue weighted by molar-refractivity contribution is 0.186. The standard InChI is InChI=1S/C16H25ClN2O/c1-12(2)15(19-7-3-4-8-19)11-18-10-13-9-14(17)5-6-16(13)20/h5-6,9,12,15,18,20H,3-4,7-8,10-11H2,1-2H3. The maximum Gasteiger partial charge on any atom is 0.120 e. The van der Waals surface area contributed by atoms with E-state index in [9.17, 15) is 5.11 Å². The van der Waals surface area contributed by atoms with Crippen LogP contribution in [0.3, 0.4) is 0 Å². The van der Waals surface area contributed by atoms with Crippen LogP contribution in [0.1, 0.15) is 32.3 Å². The second-order valence-electron chi connectivity index (χ2n) is 5.96. The van der Waals surface area contributed by atoms with E-state index in [1.165, 1.54) is 25.9 Å². The molecular weight excluding hydrogens is 272 g/mol. The van der Waals surface area contributed by atoms with Gasteiger partial charge < -0.3 is 10.4 Å². The number of benzene rings is 1. The van der Waals surface area contributed by atoms with Gasteiger partial charge in [-0.15, -0.1) is 0 Å². The minimum Gasteiger partial charge on any atom is -0.508 e. The van der Waals surface area contributed by atoms with E-state index in [4.69, 9.17) is 11.6 Å². The van der Waals surface area contributed by atoms with Gasteiger partial charge in [0.1, 0.15) is 5.75 Å². The van der Waals surface area contributed by atoms with Gasteiger partial charge in [-0.1, -0.05) is 25.4 Å². The molecule has 0 spiro atoms. The van der Waals surface area contributed by atoms with Crippen molar-refractivity contribution < 1.29 is 5.11 Å². The second-order valence-corrected chi connectivity index (χ2v) is 6.39. The molecule has 0 radical (unpaired) electrons. The number of nitrogens with zero attached hydrogens (tertiary/aromatic N) is 1. The molecule has 2 rings (SSSR count). The summed E-state index contributed by atoms with van der Waals surface area (Å²) in [6.45, 7) is 8.59. The summed E-state index contributed by atoms with van der Waals surface area (Å²) in [5.74, 6) is 0.942. The number of rotatable bonds is 6. The van der Waals surface area contributed by atoms with Crippen LogP contribution in [0.15, 0.2) is 18.2 Å². The maximum atomic E-state index is 9.81. The molecule has 0 bridgehead atoms. The molecule has 112 valence electrons. The average molecular weight is 297 g/mol. The van der Waals surface area contributed by atoms with Gasteiger partial charge in [0.2, 0.25) is 0 Å². The SMILES string of the molecule is CC(C)C(CNCc1cc(Cl)ccc1O)N1CCCC1. The summed E-state index contributed by atoms with van der Waals surface area (Å²) < 4.78 is 0. The minimum absolute atomic E-state index is 0.309. The summed E-state index contributed by atoms with van der Waals surface area (Å²) in [6.07, 6.45) is 2.64. The predicted molar refractivity (Wildman–Crippen MR) is 84.3 cm³/mol. The van der Waals surface area contributed by atoms with Gasteiger partial charge in [-0.05, 0) is 50.0 Å². The molecule has 2 N–H and O–H groups in total. The number of hydrogen-bond donors (Lipinski definition) is 2. The number of halogens is 1. The molecule has 1 aliphatic rings. The highest BCUT2D eigenvalue weighted by Gasteiger charge is 2.24. The number of phenolic OH excluding ortho intramolecular Hbond substituents is 1. The van der Waals surface area contributed by atoms with E-state index < -0.39 is 0 Å². The lowest BCUT2D eigenvalue weighted by atomic mass is 10.0. The highest BCUT2D eigenvalue weighted by Crippen LogP contribution is 2.22. The van der Waals surface area contributed by atoms with Gasteiger partial charge in [0.25, 0.3) is 0 Å². The third kappa shape index (κ3) is 4.11. The third-order valence-electron chi connectivity index (χ3n) is 4.09. The first kappa shape index (κ1) is 15.6. The number of nitrogens with one attached hydrogen (secondary N) is 1. The van der Waals surface area contributed by atoms with E-state index >= 15 is 0 Å². The Labute approximate surface area is 126 Å². The highest BCUT2D eigenvalue weighted by atomic mass is 35.5. The first-order valence-corrected chi connectivity index (χ1v) is 7.88. The summed E-state index contributed by atoms with van der Waals surface area (Å²) in [4.78, 5) is 2.58. The molecule has 1 aromatic rings. The Hall–Kier alpha value is -0.770. The van der Waals surface area contributed by atoms with Crippen molar-refractivity contribution in [2.45, 2.75) is 39.3 Å². The minimum atomic E-state index is 0.309. The van der Waals surface area contributed by atoms with Gasteiger partial charge in [-0.2, -0.15) is 0 Å². The van der Waals surface area contributed by atoms with Crippen molar-refractivity contribution in [1.82, 2.24) is 10.2 Å². The molecule has 20 heavy (non-hydrogen) atoms. The Morgan fingerprint density at radius 2 is 2.00 bits per heavy atom. The molecule has 0 amide bonds. The van der Waals surface area contributed by atoms with Gasteiger partial charge >= 0.3 is 0 Å². The van der Waals surface area contributed by atoms with E-state index in [0.717, 1.165) is 12.1 Å². The number of phenols is 1. The molecule has 4 heteroatoms. The Kier molecular flexibility index (Phi) is 5.70. The van der Waals surface area contributed by atoms with Crippen molar-refractivity contribution in [3.63, 3.8) is 0 Å². The van der Waals surface area contributed by atoms with E-state index in [1.54, 1.807) is 12.1 Å². The van der Waals surface area contributed by atoms with Crippen molar-refractivity contribution in [3.8, 4) is 5.75 Å². The van der Waals surface area contributed by atoms with Crippen LogP contribution in [0.5, 0.6) is 5.75 Å². The monoisotopic (exact) mass is 296 g/mol. The first-order chi connectivity index (χ1) is 9.58. The molecule has 1 aromatic carbocycles. The lowest BCUT2D eigenvalue weighted by Gasteiger charge is -2.31. The van der Waals surface area contributed by atoms with Crippen molar-refractivity contribution in [2.24, 2.45) is 5.92 Å². The van der Waals surface area contributed by atoms with Crippen LogP contribution in [-0.2, 0) is 6.54 Å². The number of likely N-dealkylation sites (tertiary alicyclic amines) is 1. The molecule has 1 aliphatic heterocycles. The van der Waals surface area contributed by atoms with Gasteiger partial charge in [-0.3, -0.25) is 4.90 Å². The largest absolute Gasteiger partial charge is 0.508 e. The Morgan fingerprint density at radius 1 is 1.30 bits per heavy atom. The van der Waals surface area contributed by atoms with Gasteiger partial charge in [0, 0.05) is 29.7 Å². The summed E-state index contributed by atoms with van der Waals surface area (Å²) >= 11 is 5.97. The third-order valence-corrected chi connectivity index (χ3v) is 4.32. The van der Waals surface area contributed by atoms with Gasteiger partial charge in [-0.25, -0.2) is 0 Å². The molecule has 1 saturated heterocycles. The molecule has 3 nitrogen and oxygen atoms in total. The quantitative estimate of drug-likeness (QED) is 0.846. The summed E-state index contributed by atoms with van der Waals surface area (Å²) in [5, 5.41) is 13.9. The Morgan fingerprint density at radius 3 is 2.65 bits per heavy atom. The fraction of sp³-hybridized carbons (Fsp3) is 0.625. The molecule has 1 fully saturated rings. The zero-order valence-corrected chi connectivity index (χ0v) is 13.2. The molecule has 0 aliphatic carbocycles. The van der Waals surface area contributed by atoms with Gasteiger partial charge in [0.05, 0.1) is 0 Å². The topological polar surface area (TPSA) is 35.5 Å². The number of hydrogen-bond acceptors (Lipinski definition) is 3. The second kappa shape index (κ2) is 7.30. The zero-order valence-electron chi connectivity index (χ0n) is 12.4. The highest BCUT2D eigenvalue weighted by molar-refractivity contribution is 6.30. The summed E-state index contributed by atoms with van der Waals surface area (Å²) in [6, 6.07) is 5.75. The van der Waals surface area contributed by atoms with Crippen LogP contribution in [0.4, 0.5) is 0 Å². The van der Waals surface area contributed by atoms with Crippen LogP contribution in [-0.4, -0.2) is 35.7 Å². The fourth-order valence-electron chi connectivity index (χ4n) is 2.91. The maximum absolute atomic E-state index is 9.81. The first-order valence-electron chi connectivity index (χ1n) is 7.50. The molecule has 0 aromatic heterocycles. The number of aromatic hydroxyl groups is 1. The predicted octanol–water partition coefficient (Wildman–Crippen LogP) is 3.26. The van der Waals surface area contributed by atoms with Crippen LogP contribution in [0.2, 0.25) is 5.02 Å². The van der Waals surface area contributed by atoms with Gasteiger partial charge in [0.15, 0.2) is 0 Å². The van der Waals surface area contributed by atoms with Crippen molar-refractivity contribution in [1.29, 1.82) is 0 Å². The van der Waals surface area contributed by atoms with E-state index in [0.29, 0.717) is 29.3 Å². The lowest BCUT2D eigenvalue weighted by Crippen LogP contribution is -2.44. The van der Waals surface area contributed by atoms with Crippen molar-refractivity contribution in [2.75, 3.05) is 19.6 Å². The van der Waals surface area contributed by atoms with Crippen LogP contribution in [0.25, 0.3) is 0 Å².